The normalized spacial score (nSPS) is 20.4. The zero-order chi connectivity index (χ0) is 10.1. The van der Waals surface area contributed by atoms with Crippen LogP contribution in [-0.2, 0) is 0 Å². The summed E-state index contributed by atoms with van der Waals surface area (Å²) in [6.07, 6.45) is 0.527. The quantitative estimate of drug-likeness (QED) is 0.715. The van der Waals surface area contributed by atoms with Crippen LogP contribution in [0.4, 0.5) is 5.69 Å². The molecule has 0 saturated heterocycles. The highest BCUT2D eigenvalue weighted by Crippen LogP contribution is 2.31. The van der Waals surface area contributed by atoms with E-state index in [4.69, 9.17) is 0 Å². The third kappa shape index (κ3) is 1.62. The lowest BCUT2D eigenvalue weighted by Crippen LogP contribution is -2.16. The largest absolute Gasteiger partial charge is 0.388 e. The molecule has 14 heavy (non-hydrogen) atoms. The van der Waals surface area contributed by atoms with Gasteiger partial charge in [-0.2, -0.15) is 0 Å². The van der Waals surface area contributed by atoms with Crippen molar-refractivity contribution in [3.63, 3.8) is 0 Å². The summed E-state index contributed by atoms with van der Waals surface area (Å²) in [5, 5.41) is 13.1. The van der Waals surface area contributed by atoms with Crippen LogP contribution >= 0.6 is 0 Å². The summed E-state index contributed by atoms with van der Waals surface area (Å²) in [6.45, 7) is 5.21. The van der Waals surface area contributed by atoms with Gasteiger partial charge >= 0.3 is 0 Å². The Morgan fingerprint density at radius 2 is 2.21 bits per heavy atom. The summed E-state index contributed by atoms with van der Waals surface area (Å²) in [5.41, 5.74) is 3.45. The molecule has 2 rings (SSSR count). The molecule has 1 atom stereocenters. The summed E-state index contributed by atoms with van der Waals surface area (Å²) < 4.78 is 0. The second-order valence-electron chi connectivity index (χ2n) is 4.23. The molecule has 1 aliphatic rings. The van der Waals surface area contributed by atoms with E-state index in [9.17, 15) is 5.11 Å². The lowest BCUT2D eigenvalue weighted by Gasteiger charge is -2.24. The number of rotatable bonds is 1. The highest BCUT2D eigenvalue weighted by molar-refractivity contribution is 5.55. The zero-order valence-electron chi connectivity index (χ0n) is 8.75. The Balaban J connectivity index is 2.41. The van der Waals surface area contributed by atoms with Crippen LogP contribution in [-0.4, -0.2) is 11.7 Å². The van der Waals surface area contributed by atoms with Crippen molar-refractivity contribution in [3.05, 3.63) is 29.3 Å². The van der Waals surface area contributed by atoms with Crippen molar-refractivity contribution in [2.75, 3.05) is 11.9 Å². The number of nitrogens with one attached hydrogen (secondary N) is 1. The van der Waals surface area contributed by atoms with E-state index in [1.54, 1.807) is 0 Å². The van der Waals surface area contributed by atoms with Crippen molar-refractivity contribution < 1.29 is 5.11 Å². The maximum atomic E-state index is 9.83. The van der Waals surface area contributed by atoms with Gasteiger partial charge in [0.05, 0.1) is 6.10 Å². The lowest BCUT2D eigenvalue weighted by atomic mass is 9.94. The van der Waals surface area contributed by atoms with Crippen LogP contribution in [0.2, 0.25) is 0 Å². The fourth-order valence-corrected chi connectivity index (χ4v) is 1.88. The summed E-state index contributed by atoms with van der Waals surface area (Å²) in [7, 11) is 0. The molecule has 0 radical (unpaired) electrons. The molecule has 2 nitrogen and oxygen atoms in total. The number of anilines is 1. The molecule has 76 valence electrons. The third-order valence-electron chi connectivity index (χ3n) is 2.83. The molecular weight excluding hydrogens is 174 g/mol. The standard InChI is InChI=1S/C12H17NO/c1-8(2)9-3-4-11-10(7-9)12(14)5-6-13-11/h3-4,7-8,12-14H,5-6H2,1-2H3. The van der Waals surface area contributed by atoms with Crippen LogP contribution in [0.3, 0.4) is 0 Å². The molecule has 1 heterocycles. The molecule has 0 spiro atoms. The van der Waals surface area contributed by atoms with Gasteiger partial charge in [0.1, 0.15) is 0 Å². The molecule has 0 aromatic heterocycles. The van der Waals surface area contributed by atoms with E-state index in [1.165, 1.54) is 5.56 Å². The molecule has 2 heteroatoms. The van der Waals surface area contributed by atoms with E-state index in [-0.39, 0.29) is 6.10 Å². The molecule has 0 aliphatic carbocycles. The van der Waals surface area contributed by atoms with Crippen molar-refractivity contribution in [1.82, 2.24) is 0 Å². The molecule has 1 unspecified atom stereocenters. The van der Waals surface area contributed by atoms with Crippen LogP contribution in [0.5, 0.6) is 0 Å². The Hall–Kier alpha value is -1.02. The predicted molar refractivity (Wildman–Crippen MR) is 58.6 cm³/mol. The summed E-state index contributed by atoms with van der Waals surface area (Å²) in [5.74, 6) is 0.523. The number of hydrogen-bond donors (Lipinski definition) is 2. The third-order valence-corrected chi connectivity index (χ3v) is 2.83. The van der Waals surface area contributed by atoms with Gasteiger partial charge < -0.3 is 10.4 Å². The minimum Gasteiger partial charge on any atom is -0.388 e. The maximum absolute atomic E-state index is 9.83. The van der Waals surface area contributed by atoms with E-state index in [1.807, 2.05) is 0 Å². The number of aliphatic hydroxyl groups is 1. The van der Waals surface area contributed by atoms with Crippen molar-refractivity contribution in [2.24, 2.45) is 0 Å². The Bertz CT molecular complexity index is 333. The number of hydrogen-bond acceptors (Lipinski definition) is 2. The van der Waals surface area contributed by atoms with Gasteiger partial charge in [-0.05, 0) is 24.0 Å². The van der Waals surface area contributed by atoms with E-state index in [0.717, 1.165) is 24.2 Å². The molecule has 2 N–H and O–H groups in total. The van der Waals surface area contributed by atoms with Gasteiger partial charge in [0.2, 0.25) is 0 Å². The predicted octanol–water partition coefficient (Wildman–Crippen LogP) is 2.66. The van der Waals surface area contributed by atoms with Crippen LogP contribution in [0, 0.1) is 0 Å². The molecule has 0 saturated carbocycles. The highest BCUT2D eigenvalue weighted by atomic mass is 16.3. The molecular formula is C12H17NO. The molecule has 0 fully saturated rings. The van der Waals surface area contributed by atoms with Crippen molar-refractivity contribution >= 4 is 5.69 Å². The van der Waals surface area contributed by atoms with Gasteiger partial charge in [-0.25, -0.2) is 0 Å². The van der Waals surface area contributed by atoms with Crippen molar-refractivity contribution in [2.45, 2.75) is 32.3 Å². The van der Waals surface area contributed by atoms with Crippen molar-refractivity contribution in [1.29, 1.82) is 0 Å². The van der Waals surface area contributed by atoms with E-state index in [2.05, 4.69) is 37.4 Å². The second kappa shape index (κ2) is 3.62. The number of benzene rings is 1. The fraction of sp³-hybridized carbons (Fsp3) is 0.500. The van der Waals surface area contributed by atoms with Crippen LogP contribution in [0.25, 0.3) is 0 Å². The molecule has 1 aromatic rings. The first-order valence-electron chi connectivity index (χ1n) is 5.24. The topological polar surface area (TPSA) is 32.3 Å². The Kier molecular flexibility index (Phi) is 2.46. The molecule has 1 aliphatic heterocycles. The summed E-state index contributed by atoms with van der Waals surface area (Å²) in [6, 6.07) is 6.33. The lowest BCUT2D eigenvalue weighted by molar-refractivity contribution is 0.168. The van der Waals surface area contributed by atoms with Gasteiger partial charge in [-0.15, -0.1) is 0 Å². The van der Waals surface area contributed by atoms with Gasteiger partial charge in [-0.3, -0.25) is 0 Å². The highest BCUT2D eigenvalue weighted by Gasteiger charge is 2.17. The summed E-state index contributed by atoms with van der Waals surface area (Å²) in [4.78, 5) is 0. The first kappa shape index (κ1) is 9.53. The molecule has 0 bridgehead atoms. The number of fused-ring (bicyclic) bond motifs is 1. The minimum absolute atomic E-state index is 0.287. The van der Waals surface area contributed by atoms with Crippen LogP contribution in [0.15, 0.2) is 18.2 Å². The van der Waals surface area contributed by atoms with Gasteiger partial charge in [0, 0.05) is 17.8 Å². The molecule has 1 aromatic carbocycles. The average molecular weight is 191 g/mol. The fourth-order valence-electron chi connectivity index (χ4n) is 1.88. The first-order valence-corrected chi connectivity index (χ1v) is 5.24. The van der Waals surface area contributed by atoms with Gasteiger partial charge in [0.15, 0.2) is 0 Å². The SMILES string of the molecule is CC(C)c1ccc2c(c1)C(O)CCN2. The van der Waals surface area contributed by atoms with Crippen LogP contribution < -0.4 is 5.32 Å². The average Bonchev–Trinajstić information content (AvgIpc) is 2.18. The van der Waals surface area contributed by atoms with Gasteiger partial charge in [0.25, 0.3) is 0 Å². The first-order chi connectivity index (χ1) is 6.68. The Labute approximate surface area is 85.0 Å². The van der Waals surface area contributed by atoms with Crippen LogP contribution in [0.1, 0.15) is 43.4 Å². The monoisotopic (exact) mass is 191 g/mol. The van der Waals surface area contributed by atoms with E-state index >= 15 is 0 Å². The maximum Gasteiger partial charge on any atom is 0.0826 e. The van der Waals surface area contributed by atoms with E-state index < -0.39 is 0 Å². The smallest absolute Gasteiger partial charge is 0.0826 e. The van der Waals surface area contributed by atoms with Crippen molar-refractivity contribution in [3.8, 4) is 0 Å². The molecule has 0 amide bonds. The Morgan fingerprint density at radius 3 is 2.93 bits per heavy atom. The minimum atomic E-state index is -0.287. The Morgan fingerprint density at radius 1 is 1.43 bits per heavy atom. The second-order valence-corrected chi connectivity index (χ2v) is 4.23. The van der Waals surface area contributed by atoms with Gasteiger partial charge in [-0.1, -0.05) is 26.0 Å². The number of aliphatic hydroxyl groups excluding tert-OH is 1. The summed E-state index contributed by atoms with van der Waals surface area (Å²) >= 11 is 0. The van der Waals surface area contributed by atoms with E-state index in [0.29, 0.717) is 5.92 Å². The zero-order valence-corrected chi connectivity index (χ0v) is 8.75.